The van der Waals surface area contributed by atoms with Crippen molar-refractivity contribution in [1.29, 1.82) is 0 Å². The van der Waals surface area contributed by atoms with Crippen LogP contribution in [0.5, 0.6) is 0 Å². The molecule has 0 radical (unpaired) electrons. The van der Waals surface area contributed by atoms with Crippen LogP contribution in [-0.4, -0.2) is 18.4 Å². The maximum absolute atomic E-state index is 13.4. The van der Waals surface area contributed by atoms with Gasteiger partial charge in [0.1, 0.15) is 11.6 Å². The van der Waals surface area contributed by atoms with Gasteiger partial charge in [-0.25, -0.2) is 4.39 Å². The number of carbonyl (C=O) groups excluding carboxylic acids is 2. The molecule has 0 aromatic heterocycles. The predicted octanol–water partition coefficient (Wildman–Crippen LogP) is 3.54. The number of carbonyl (C=O) groups is 2. The van der Waals surface area contributed by atoms with E-state index in [-0.39, 0.29) is 35.8 Å². The molecule has 4 heteroatoms. The Hall–Kier alpha value is -1.71. The van der Waals surface area contributed by atoms with Crippen LogP contribution in [0.15, 0.2) is 18.2 Å². The normalized spacial score (nSPS) is 22.1. The molecule has 1 fully saturated rings. The van der Waals surface area contributed by atoms with Crippen LogP contribution in [0.4, 0.5) is 4.39 Å². The van der Waals surface area contributed by atoms with Crippen LogP contribution in [0.25, 0.3) is 0 Å². The quantitative estimate of drug-likeness (QED) is 0.797. The van der Waals surface area contributed by atoms with Crippen molar-refractivity contribution in [2.24, 2.45) is 5.92 Å². The third-order valence-electron chi connectivity index (χ3n) is 4.09. The fourth-order valence-electron chi connectivity index (χ4n) is 3.10. The molecule has 0 saturated heterocycles. The van der Waals surface area contributed by atoms with Crippen molar-refractivity contribution in [2.45, 2.75) is 45.4 Å². The molecular weight excluding hydrogens is 271 g/mol. The SMILES string of the molecule is CCOC(=O)C[C@H]1CCCC(=O)C1c1ccc(F)c(C)c1. The first-order chi connectivity index (χ1) is 10.0. The summed E-state index contributed by atoms with van der Waals surface area (Å²) >= 11 is 0. The summed E-state index contributed by atoms with van der Waals surface area (Å²) < 4.78 is 18.4. The Morgan fingerprint density at radius 2 is 2.19 bits per heavy atom. The predicted molar refractivity (Wildman–Crippen MR) is 77.5 cm³/mol. The third kappa shape index (κ3) is 3.69. The van der Waals surface area contributed by atoms with E-state index in [4.69, 9.17) is 4.74 Å². The highest BCUT2D eigenvalue weighted by Crippen LogP contribution is 2.38. The molecule has 21 heavy (non-hydrogen) atoms. The van der Waals surface area contributed by atoms with Gasteiger partial charge in [-0.3, -0.25) is 9.59 Å². The number of ketones is 1. The standard InChI is InChI=1S/C17H21FO3/c1-3-21-16(20)10-12-5-4-6-15(19)17(12)13-7-8-14(18)11(2)9-13/h7-9,12,17H,3-6,10H2,1-2H3/t12-,17?/m1/s1. The summed E-state index contributed by atoms with van der Waals surface area (Å²) in [5.74, 6) is -0.760. The van der Waals surface area contributed by atoms with Gasteiger partial charge in [0.25, 0.3) is 0 Å². The van der Waals surface area contributed by atoms with Gasteiger partial charge in [0.15, 0.2) is 0 Å². The first kappa shape index (κ1) is 15.7. The third-order valence-corrected chi connectivity index (χ3v) is 4.09. The van der Waals surface area contributed by atoms with Crippen molar-refractivity contribution >= 4 is 11.8 Å². The molecule has 0 N–H and O–H groups in total. The van der Waals surface area contributed by atoms with Crippen LogP contribution < -0.4 is 0 Å². The molecule has 2 rings (SSSR count). The summed E-state index contributed by atoms with van der Waals surface area (Å²) in [7, 11) is 0. The second-order valence-electron chi connectivity index (χ2n) is 5.61. The van der Waals surface area contributed by atoms with Crippen LogP contribution >= 0.6 is 0 Å². The van der Waals surface area contributed by atoms with Gasteiger partial charge in [0.2, 0.25) is 0 Å². The molecule has 0 bridgehead atoms. The summed E-state index contributed by atoms with van der Waals surface area (Å²) in [6.07, 6.45) is 2.41. The molecule has 1 aromatic rings. The molecule has 2 atom stereocenters. The van der Waals surface area contributed by atoms with Gasteiger partial charge in [-0.1, -0.05) is 12.1 Å². The fraction of sp³-hybridized carbons (Fsp3) is 0.529. The molecule has 1 saturated carbocycles. The summed E-state index contributed by atoms with van der Waals surface area (Å²) in [5.41, 5.74) is 1.34. The minimum atomic E-state index is -0.317. The molecule has 1 unspecified atom stereocenters. The Morgan fingerprint density at radius 1 is 1.43 bits per heavy atom. The number of esters is 1. The van der Waals surface area contributed by atoms with E-state index in [1.165, 1.54) is 6.07 Å². The minimum Gasteiger partial charge on any atom is -0.466 e. The lowest BCUT2D eigenvalue weighted by atomic mass is 9.73. The molecule has 0 amide bonds. The van der Waals surface area contributed by atoms with Gasteiger partial charge in [0, 0.05) is 18.8 Å². The highest BCUT2D eigenvalue weighted by atomic mass is 19.1. The van der Waals surface area contributed by atoms with Gasteiger partial charge < -0.3 is 4.74 Å². The van der Waals surface area contributed by atoms with Crippen LogP contribution in [0.2, 0.25) is 0 Å². The molecule has 0 spiro atoms. The monoisotopic (exact) mass is 292 g/mol. The highest BCUT2D eigenvalue weighted by Gasteiger charge is 2.34. The molecule has 3 nitrogen and oxygen atoms in total. The van der Waals surface area contributed by atoms with Crippen molar-refractivity contribution in [3.8, 4) is 0 Å². The molecule has 0 aliphatic heterocycles. The molecule has 1 aromatic carbocycles. The van der Waals surface area contributed by atoms with Gasteiger partial charge in [-0.15, -0.1) is 0 Å². The van der Waals surface area contributed by atoms with Crippen molar-refractivity contribution in [1.82, 2.24) is 0 Å². The molecule has 0 heterocycles. The Kier molecular flexibility index (Phi) is 5.10. The maximum Gasteiger partial charge on any atom is 0.306 e. The zero-order valence-corrected chi connectivity index (χ0v) is 12.5. The van der Waals surface area contributed by atoms with Crippen molar-refractivity contribution in [2.75, 3.05) is 6.61 Å². The second-order valence-corrected chi connectivity index (χ2v) is 5.61. The lowest BCUT2D eigenvalue weighted by Gasteiger charge is -2.30. The number of hydrogen-bond donors (Lipinski definition) is 0. The number of Topliss-reactive ketones (excluding diaryl/α,β-unsaturated/α-hetero) is 1. The Labute approximate surface area is 124 Å². The van der Waals surface area contributed by atoms with Crippen LogP contribution in [-0.2, 0) is 14.3 Å². The largest absolute Gasteiger partial charge is 0.466 e. The smallest absolute Gasteiger partial charge is 0.306 e. The Balaban J connectivity index is 2.23. The molecular formula is C17H21FO3. The van der Waals surface area contributed by atoms with Gasteiger partial charge in [0.05, 0.1) is 6.61 Å². The van der Waals surface area contributed by atoms with Crippen LogP contribution in [0.1, 0.15) is 49.7 Å². The van der Waals surface area contributed by atoms with E-state index in [0.717, 1.165) is 18.4 Å². The number of benzene rings is 1. The van der Waals surface area contributed by atoms with E-state index in [9.17, 15) is 14.0 Å². The first-order valence-corrected chi connectivity index (χ1v) is 7.47. The average molecular weight is 292 g/mol. The summed E-state index contributed by atoms with van der Waals surface area (Å²) in [6.45, 7) is 3.80. The number of halogens is 1. The number of aryl methyl sites for hydroxylation is 1. The fourth-order valence-corrected chi connectivity index (χ4v) is 3.10. The molecule has 1 aliphatic rings. The van der Waals surface area contributed by atoms with E-state index in [1.807, 2.05) is 0 Å². The first-order valence-electron chi connectivity index (χ1n) is 7.47. The Morgan fingerprint density at radius 3 is 2.86 bits per heavy atom. The second kappa shape index (κ2) is 6.83. The number of hydrogen-bond acceptors (Lipinski definition) is 3. The lowest BCUT2D eigenvalue weighted by molar-refractivity contribution is -0.144. The Bertz CT molecular complexity index is 539. The average Bonchev–Trinajstić information content (AvgIpc) is 2.43. The van der Waals surface area contributed by atoms with Gasteiger partial charge in [-0.2, -0.15) is 0 Å². The van der Waals surface area contributed by atoms with Crippen LogP contribution in [0, 0.1) is 18.7 Å². The zero-order valence-electron chi connectivity index (χ0n) is 12.5. The van der Waals surface area contributed by atoms with E-state index in [0.29, 0.717) is 18.6 Å². The summed E-state index contributed by atoms with van der Waals surface area (Å²) in [6, 6.07) is 4.78. The topological polar surface area (TPSA) is 43.4 Å². The lowest BCUT2D eigenvalue weighted by Crippen LogP contribution is -2.29. The molecule has 114 valence electrons. The van der Waals surface area contributed by atoms with E-state index in [1.54, 1.807) is 26.0 Å². The highest BCUT2D eigenvalue weighted by molar-refractivity contribution is 5.87. The van der Waals surface area contributed by atoms with Crippen molar-refractivity contribution in [3.63, 3.8) is 0 Å². The van der Waals surface area contributed by atoms with Crippen molar-refractivity contribution < 1.29 is 18.7 Å². The summed E-state index contributed by atoms with van der Waals surface area (Å²) in [4.78, 5) is 24.0. The zero-order chi connectivity index (χ0) is 15.4. The number of rotatable bonds is 4. The van der Waals surface area contributed by atoms with Crippen molar-refractivity contribution in [3.05, 3.63) is 35.1 Å². The summed E-state index contributed by atoms with van der Waals surface area (Å²) in [5, 5.41) is 0. The maximum atomic E-state index is 13.4. The van der Waals surface area contributed by atoms with E-state index in [2.05, 4.69) is 0 Å². The van der Waals surface area contributed by atoms with Crippen LogP contribution in [0.3, 0.4) is 0 Å². The molecule has 1 aliphatic carbocycles. The number of ether oxygens (including phenoxy) is 1. The minimum absolute atomic E-state index is 0.0461. The van der Waals surface area contributed by atoms with Gasteiger partial charge >= 0.3 is 5.97 Å². The van der Waals surface area contributed by atoms with E-state index >= 15 is 0 Å². The van der Waals surface area contributed by atoms with Gasteiger partial charge in [-0.05, 0) is 49.8 Å². The van der Waals surface area contributed by atoms with E-state index < -0.39 is 0 Å².